The van der Waals surface area contributed by atoms with Crippen LogP contribution in [0.4, 0.5) is 0 Å². The van der Waals surface area contributed by atoms with E-state index in [1.807, 2.05) is 4.90 Å². The van der Waals surface area contributed by atoms with Crippen molar-refractivity contribution in [2.45, 2.75) is 50.0 Å². The highest BCUT2D eigenvalue weighted by atomic mass is 32.2. The van der Waals surface area contributed by atoms with Gasteiger partial charge >= 0.3 is 5.69 Å². The first-order chi connectivity index (χ1) is 10.2. The van der Waals surface area contributed by atoms with E-state index in [1.54, 1.807) is 0 Å². The van der Waals surface area contributed by atoms with E-state index in [0.717, 1.165) is 67.9 Å². The monoisotopic (exact) mass is 307 g/mol. The number of carbonyl (C=O) groups is 1. The first kappa shape index (κ1) is 14.6. The predicted molar refractivity (Wildman–Crippen MR) is 82.7 cm³/mol. The van der Waals surface area contributed by atoms with Crippen molar-refractivity contribution in [1.29, 1.82) is 0 Å². The van der Waals surface area contributed by atoms with Gasteiger partial charge in [-0.05, 0) is 44.9 Å². The lowest BCUT2D eigenvalue weighted by atomic mass is 9.98. The lowest BCUT2D eigenvalue weighted by Crippen LogP contribution is -2.36. The number of aromatic amines is 1. The summed E-state index contributed by atoms with van der Waals surface area (Å²) in [6.45, 7) is 1.75. The summed E-state index contributed by atoms with van der Waals surface area (Å²) in [5, 5.41) is 0.763. The Labute approximate surface area is 128 Å². The first-order valence-electron chi connectivity index (χ1n) is 7.76. The van der Waals surface area contributed by atoms with Crippen molar-refractivity contribution in [3.05, 3.63) is 21.7 Å². The van der Waals surface area contributed by atoms with Gasteiger partial charge in [0.1, 0.15) is 5.03 Å². The second-order valence-electron chi connectivity index (χ2n) is 5.74. The molecule has 0 atom stereocenters. The third kappa shape index (κ3) is 3.48. The van der Waals surface area contributed by atoms with E-state index in [1.165, 1.54) is 18.2 Å². The van der Waals surface area contributed by atoms with E-state index < -0.39 is 0 Å². The summed E-state index contributed by atoms with van der Waals surface area (Å²) in [5.41, 5.74) is 1.88. The number of nitrogens with zero attached hydrogens (tertiary/aromatic N) is 2. The van der Waals surface area contributed by atoms with Crippen LogP contribution in [0.1, 0.15) is 43.4 Å². The van der Waals surface area contributed by atoms with Gasteiger partial charge in [0.15, 0.2) is 0 Å². The Morgan fingerprint density at radius 2 is 1.90 bits per heavy atom. The Hall–Kier alpha value is -1.30. The molecule has 3 rings (SSSR count). The fourth-order valence-corrected chi connectivity index (χ4v) is 4.07. The van der Waals surface area contributed by atoms with Gasteiger partial charge in [0.05, 0.1) is 5.75 Å². The van der Waals surface area contributed by atoms with Gasteiger partial charge in [0, 0.05) is 24.3 Å². The van der Waals surface area contributed by atoms with E-state index in [2.05, 4.69) is 9.97 Å². The number of thioether (sulfide) groups is 1. The molecule has 1 aromatic rings. The van der Waals surface area contributed by atoms with Crippen LogP contribution < -0.4 is 5.69 Å². The zero-order valence-electron chi connectivity index (χ0n) is 12.2. The predicted octanol–water partition coefficient (Wildman–Crippen LogP) is 1.75. The maximum atomic E-state index is 12.2. The van der Waals surface area contributed by atoms with Gasteiger partial charge in [-0.15, -0.1) is 0 Å². The smallest absolute Gasteiger partial charge is 0.342 e. The van der Waals surface area contributed by atoms with Gasteiger partial charge in [-0.2, -0.15) is 4.98 Å². The average Bonchev–Trinajstić information content (AvgIpc) is 2.53. The van der Waals surface area contributed by atoms with Gasteiger partial charge in [-0.3, -0.25) is 4.79 Å². The SMILES string of the molecule is O=C(CSc1nc(=O)[nH]c2c1CCCC2)N1CCCCC1. The van der Waals surface area contributed by atoms with E-state index in [9.17, 15) is 9.59 Å². The number of hydrogen-bond acceptors (Lipinski definition) is 4. The Bertz CT molecular complexity index is 579. The Kier molecular flexibility index (Phi) is 4.63. The Morgan fingerprint density at radius 3 is 2.71 bits per heavy atom. The molecule has 114 valence electrons. The standard InChI is InChI=1S/C15H21N3O2S/c19-13(18-8-4-1-5-9-18)10-21-14-11-6-2-3-7-12(11)16-15(20)17-14/h1-10H2,(H,16,17,20). The second-order valence-corrected chi connectivity index (χ2v) is 6.71. The summed E-state index contributed by atoms with van der Waals surface area (Å²) < 4.78 is 0. The minimum absolute atomic E-state index is 0.173. The van der Waals surface area contributed by atoms with Gasteiger partial charge in [0.2, 0.25) is 5.91 Å². The Morgan fingerprint density at radius 1 is 1.14 bits per heavy atom. The number of amides is 1. The van der Waals surface area contributed by atoms with Crippen LogP contribution in [-0.4, -0.2) is 39.6 Å². The molecule has 6 heteroatoms. The molecule has 2 heterocycles. The summed E-state index contributed by atoms with van der Waals surface area (Å²) in [6.07, 6.45) is 7.56. The fourth-order valence-electron chi connectivity index (χ4n) is 3.08. The number of fused-ring (bicyclic) bond motifs is 1. The lowest BCUT2D eigenvalue weighted by Gasteiger charge is -2.26. The number of nitrogens with one attached hydrogen (secondary N) is 1. The van der Waals surface area contributed by atoms with Crippen molar-refractivity contribution >= 4 is 17.7 Å². The number of piperidine rings is 1. The Balaban J connectivity index is 1.68. The van der Waals surface area contributed by atoms with Crippen molar-refractivity contribution < 1.29 is 4.79 Å². The molecule has 1 N–H and O–H groups in total. The molecular formula is C15H21N3O2S. The minimum Gasteiger partial charge on any atom is -0.342 e. The minimum atomic E-state index is -0.288. The van der Waals surface area contributed by atoms with E-state index in [0.29, 0.717) is 5.75 Å². The normalized spacial score (nSPS) is 18.4. The van der Waals surface area contributed by atoms with Crippen molar-refractivity contribution in [1.82, 2.24) is 14.9 Å². The molecule has 1 aliphatic carbocycles. The van der Waals surface area contributed by atoms with Crippen LogP contribution in [0.2, 0.25) is 0 Å². The molecule has 21 heavy (non-hydrogen) atoms. The van der Waals surface area contributed by atoms with Crippen LogP contribution in [0.25, 0.3) is 0 Å². The van der Waals surface area contributed by atoms with Crippen LogP contribution in [0.5, 0.6) is 0 Å². The van der Waals surface area contributed by atoms with E-state index in [4.69, 9.17) is 0 Å². The summed E-state index contributed by atoms with van der Waals surface area (Å²) in [4.78, 5) is 32.7. The van der Waals surface area contributed by atoms with Gasteiger partial charge in [0.25, 0.3) is 0 Å². The summed E-state index contributed by atoms with van der Waals surface area (Å²) in [5.74, 6) is 0.564. The van der Waals surface area contributed by atoms with Crippen molar-refractivity contribution in [2.75, 3.05) is 18.8 Å². The van der Waals surface area contributed by atoms with Crippen LogP contribution in [0, 0.1) is 0 Å². The van der Waals surface area contributed by atoms with Gasteiger partial charge in [-0.25, -0.2) is 4.79 Å². The molecule has 0 saturated carbocycles. The number of aryl methyl sites for hydroxylation is 1. The summed E-state index contributed by atoms with van der Waals surface area (Å²) >= 11 is 1.43. The molecule has 0 spiro atoms. The van der Waals surface area contributed by atoms with Gasteiger partial charge in [-0.1, -0.05) is 11.8 Å². The van der Waals surface area contributed by atoms with Crippen LogP contribution >= 0.6 is 11.8 Å². The summed E-state index contributed by atoms with van der Waals surface area (Å²) in [7, 11) is 0. The lowest BCUT2D eigenvalue weighted by molar-refractivity contribution is -0.129. The van der Waals surface area contributed by atoms with Crippen molar-refractivity contribution in [2.24, 2.45) is 0 Å². The molecule has 1 aliphatic heterocycles. The maximum Gasteiger partial charge on any atom is 0.346 e. The number of rotatable bonds is 3. The highest BCUT2D eigenvalue weighted by Gasteiger charge is 2.20. The molecule has 1 aromatic heterocycles. The number of likely N-dealkylation sites (tertiary alicyclic amines) is 1. The van der Waals surface area contributed by atoms with Crippen LogP contribution in [0.3, 0.4) is 0 Å². The number of aromatic nitrogens is 2. The van der Waals surface area contributed by atoms with E-state index in [-0.39, 0.29) is 11.6 Å². The highest BCUT2D eigenvalue weighted by Crippen LogP contribution is 2.27. The van der Waals surface area contributed by atoms with E-state index >= 15 is 0 Å². The van der Waals surface area contributed by atoms with Crippen LogP contribution in [0.15, 0.2) is 9.82 Å². The quantitative estimate of drug-likeness (QED) is 0.682. The van der Waals surface area contributed by atoms with Crippen molar-refractivity contribution in [3.8, 4) is 0 Å². The third-order valence-corrected chi connectivity index (χ3v) is 5.23. The molecule has 0 unspecified atom stereocenters. The second kappa shape index (κ2) is 6.64. The first-order valence-corrected chi connectivity index (χ1v) is 8.75. The van der Waals surface area contributed by atoms with Crippen molar-refractivity contribution in [3.63, 3.8) is 0 Å². The molecular weight excluding hydrogens is 286 g/mol. The molecule has 0 radical (unpaired) electrons. The fraction of sp³-hybridized carbons (Fsp3) is 0.667. The topological polar surface area (TPSA) is 66.1 Å². The third-order valence-electron chi connectivity index (χ3n) is 4.23. The van der Waals surface area contributed by atoms with Crippen LogP contribution in [-0.2, 0) is 17.6 Å². The molecule has 1 saturated heterocycles. The number of H-pyrrole nitrogens is 1. The zero-order chi connectivity index (χ0) is 14.7. The van der Waals surface area contributed by atoms with Gasteiger partial charge < -0.3 is 9.88 Å². The summed E-state index contributed by atoms with van der Waals surface area (Å²) in [6, 6.07) is 0. The molecule has 0 aromatic carbocycles. The molecule has 1 amide bonds. The number of hydrogen-bond donors (Lipinski definition) is 1. The molecule has 1 fully saturated rings. The maximum absolute atomic E-state index is 12.2. The zero-order valence-corrected chi connectivity index (χ0v) is 13.0. The highest BCUT2D eigenvalue weighted by molar-refractivity contribution is 7.99. The number of carbonyl (C=O) groups excluding carboxylic acids is 1. The molecule has 5 nitrogen and oxygen atoms in total. The molecule has 2 aliphatic rings. The average molecular weight is 307 g/mol. The molecule has 0 bridgehead atoms. The largest absolute Gasteiger partial charge is 0.346 e.